The number of piperidine rings is 1. The summed E-state index contributed by atoms with van der Waals surface area (Å²) in [7, 11) is 0. The fourth-order valence-electron chi connectivity index (χ4n) is 3.22. The molecule has 1 aromatic carbocycles. The minimum Gasteiger partial charge on any atom is -0.494 e. The van der Waals surface area contributed by atoms with Crippen LogP contribution in [0.4, 0.5) is 0 Å². The lowest BCUT2D eigenvalue weighted by atomic mass is 9.86. The van der Waals surface area contributed by atoms with E-state index in [9.17, 15) is 4.79 Å². The smallest absolute Gasteiger partial charge is 0.176 e. The summed E-state index contributed by atoms with van der Waals surface area (Å²) < 4.78 is 5.41. The predicted octanol–water partition coefficient (Wildman–Crippen LogP) is 3.63. The van der Waals surface area contributed by atoms with Gasteiger partial charge in [0.2, 0.25) is 0 Å². The number of ether oxygens (including phenoxy) is 1. The lowest BCUT2D eigenvalue weighted by Gasteiger charge is -2.40. The number of likely N-dealkylation sites (tertiary alicyclic amines) is 1. The Kier molecular flexibility index (Phi) is 5.40. The van der Waals surface area contributed by atoms with Crippen LogP contribution in [0, 0.1) is 11.8 Å². The standard InChI is InChI=1S/C18H27NO2/c1-5-21-17-8-6-16(7-9-17)18(20)12-19-11-13(2)10-14(3)15(19)4/h6-9,13-15H,5,10-12H2,1-4H3. The minimum absolute atomic E-state index is 0.200. The molecule has 116 valence electrons. The summed E-state index contributed by atoms with van der Waals surface area (Å²) in [5.41, 5.74) is 0.775. The van der Waals surface area contributed by atoms with Gasteiger partial charge in [-0.1, -0.05) is 13.8 Å². The molecule has 1 aliphatic rings. The van der Waals surface area contributed by atoms with E-state index in [0.717, 1.165) is 17.9 Å². The van der Waals surface area contributed by atoms with Gasteiger partial charge in [-0.15, -0.1) is 0 Å². The number of nitrogens with zero attached hydrogens (tertiary/aromatic N) is 1. The Balaban J connectivity index is 2.00. The van der Waals surface area contributed by atoms with E-state index >= 15 is 0 Å². The number of carbonyl (C=O) groups is 1. The van der Waals surface area contributed by atoms with Crippen molar-refractivity contribution in [3.05, 3.63) is 29.8 Å². The number of hydrogen-bond donors (Lipinski definition) is 0. The maximum Gasteiger partial charge on any atom is 0.176 e. The largest absolute Gasteiger partial charge is 0.494 e. The third-order valence-electron chi connectivity index (χ3n) is 4.55. The Morgan fingerprint density at radius 3 is 2.52 bits per heavy atom. The Bertz CT molecular complexity index is 469. The summed E-state index contributed by atoms with van der Waals surface area (Å²) in [6, 6.07) is 7.97. The van der Waals surface area contributed by atoms with Crippen LogP contribution in [0.3, 0.4) is 0 Å². The normalized spacial score (nSPS) is 26.6. The maximum absolute atomic E-state index is 12.5. The van der Waals surface area contributed by atoms with E-state index < -0.39 is 0 Å². The van der Waals surface area contributed by atoms with Crippen molar-refractivity contribution in [1.82, 2.24) is 4.90 Å². The molecule has 0 N–H and O–H groups in total. The Labute approximate surface area is 128 Å². The summed E-state index contributed by atoms with van der Waals surface area (Å²) in [5.74, 6) is 2.35. The van der Waals surface area contributed by atoms with E-state index in [1.54, 1.807) is 0 Å². The maximum atomic E-state index is 12.5. The number of Topliss-reactive ketones (excluding diaryl/α,β-unsaturated/α-hetero) is 1. The lowest BCUT2D eigenvalue weighted by molar-refractivity contribution is 0.0650. The molecule has 0 amide bonds. The number of benzene rings is 1. The van der Waals surface area contributed by atoms with Gasteiger partial charge in [0, 0.05) is 18.2 Å². The van der Waals surface area contributed by atoms with Gasteiger partial charge < -0.3 is 4.74 Å². The van der Waals surface area contributed by atoms with E-state index in [1.165, 1.54) is 6.42 Å². The highest BCUT2D eigenvalue weighted by molar-refractivity contribution is 5.97. The average molecular weight is 289 g/mol. The van der Waals surface area contributed by atoms with Crippen molar-refractivity contribution in [2.45, 2.75) is 40.2 Å². The number of carbonyl (C=O) groups excluding carboxylic acids is 1. The van der Waals surface area contributed by atoms with Crippen LogP contribution in [0.15, 0.2) is 24.3 Å². The highest BCUT2D eigenvalue weighted by Gasteiger charge is 2.29. The first-order valence-corrected chi connectivity index (χ1v) is 8.01. The van der Waals surface area contributed by atoms with Crippen molar-refractivity contribution >= 4 is 5.78 Å². The first-order chi connectivity index (χ1) is 10.0. The van der Waals surface area contributed by atoms with E-state index in [-0.39, 0.29) is 5.78 Å². The van der Waals surface area contributed by atoms with Crippen molar-refractivity contribution in [3.8, 4) is 5.75 Å². The van der Waals surface area contributed by atoms with Gasteiger partial charge in [-0.25, -0.2) is 0 Å². The summed E-state index contributed by atoms with van der Waals surface area (Å²) >= 11 is 0. The molecule has 3 heteroatoms. The summed E-state index contributed by atoms with van der Waals surface area (Å²) in [6.07, 6.45) is 1.26. The monoisotopic (exact) mass is 289 g/mol. The SMILES string of the molecule is CCOc1ccc(C(=O)CN2CC(C)CC(C)C2C)cc1. The molecule has 3 nitrogen and oxygen atoms in total. The second kappa shape index (κ2) is 7.08. The van der Waals surface area contributed by atoms with Crippen molar-refractivity contribution in [3.63, 3.8) is 0 Å². The van der Waals surface area contributed by atoms with Crippen molar-refractivity contribution in [2.75, 3.05) is 19.7 Å². The summed E-state index contributed by atoms with van der Waals surface area (Å²) in [5, 5.41) is 0. The van der Waals surface area contributed by atoms with Crippen LogP contribution in [0.5, 0.6) is 5.75 Å². The molecule has 0 bridgehead atoms. The number of rotatable bonds is 5. The molecule has 0 aromatic heterocycles. The molecule has 0 aliphatic carbocycles. The van der Waals surface area contributed by atoms with Gasteiger partial charge in [0.1, 0.15) is 5.75 Å². The van der Waals surface area contributed by atoms with Gasteiger partial charge in [0.05, 0.1) is 13.2 Å². The second-order valence-corrected chi connectivity index (χ2v) is 6.37. The Morgan fingerprint density at radius 2 is 1.90 bits per heavy atom. The lowest BCUT2D eigenvalue weighted by Crippen LogP contribution is -2.47. The van der Waals surface area contributed by atoms with Crippen LogP contribution in [-0.4, -0.2) is 36.4 Å². The highest BCUT2D eigenvalue weighted by atomic mass is 16.5. The van der Waals surface area contributed by atoms with Gasteiger partial charge in [0.25, 0.3) is 0 Å². The summed E-state index contributed by atoms with van der Waals surface area (Å²) in [6.45, 7) is 10.9. The van der Waals surface area contributed by atoms with Crippen LogP contribution in [-0.2, 0) is 0 Å². The molecular formula is C18H27NO2. The molecule has 3 atom stereocenters. The van der Waals surface area contributed by atoms with Gasteiger partial charge in [0.15, 0.2) is 5.78 Å². The van der Waals surface area contributed by atoms with Crippen LogP contribution in [0.2, 0.25) is 0 Å². The zero-order valence-electron chi connectivity index (χ0n) is 13.6. The summed E-state index contributed by atoms with van der Waals surface area (Å²) in [4.78, 5) is 14.8. The van der Waals surface area contributed by atoms with Crippen molar-refractivity contribution < 1.29 is 9.53 Å². The highest BCUT2D eigenvalue weighted by Crippen LogP contribution is 2.27. The van der Waals surface area contributed by atoms with E-state index in [2.05, 4.69) is 25.7 Å². The van der Waals surface area contributed by atoms with E-state index in [0.29, 0.717) is 31.0 Å². The third-order valence-corrected chi connectivity index (χ3v) is 4.55. The molecule has 1 fully saturated rings. The molecule has 0 radical (unpaired) electrons. The average Bonchev–Trinajstić information content (AvgIpc) is 2.45. The topological polar surface area (TPSA) is 29.5 Å². The molecule has 3 unspecified atom stereocenters. The Morgan fingerprint density at radius 1 is 1.24 bits per heavy atom. The van der Waals surface area contributed by atoms with Crippen LogP contribution >= 0.6 is 0 Å². The van der Waals surface area contributed by atoms with E-state index in [1.807, 2.05) is 31.2 Å². The molecule has 21 heavy (non-hydrogen) atoms. The first kappa shape index (κ1) is 16.0. The Hall–Kier alpha value is -1.35. The van der Waals surface area contributed by atoms with Gasteiger partial charge in [-0.05, 0) is 56.4 Å². The van der Waals surface area contributed by atoms with Crippen molar-refractivity contribution in [2.24, 2.45) is 11.8 Å². The van der Waals surface area contributed by atoms with Crippen molar-refractivity contribution in [1.29, 1.82) is 0 Å². The minimum atomic E-state index is 0.200. The quantitative estimate of drug-likeness (QED) is 0.775. The molecule has 0 saturated carbocycles. The molecule has 1 heterocycles. The van der Waals surface area contributed by atoms with Gasteiger partial charge in [-0.3, -0.25) is 9.69 Å². The molecule has 1 aromatic rings. The van der Waals surface area contributed by atoms with Gasteiger partial charge >= 0.3 is 0 Å². The van der Waals surface area contributed by atoms with Gasteiger partial charge in [-0.2, -0.15) is 0 Å². The zero-order valence-corrected chi connectivity index (χ0v) is 13.6. The molecule has 2 rings (SSSR count). The first-order valence-electron chi connectivity index (χ1n) is 8.01. The predicted molar refractivity (Wildman–Crippen MR) is 85.9 cm³/mol. The second-order valence-electron chi connectivity index (χ2n) is 6.37. The molecule has 0 spiro atoms. The molecular weight excluding hydrogens is 262 g/mol. The van der Waals surface area contributed by atoms with Crippen LogP contribution < -0.4 is 4.74 Å². The zero-order chi connectivity index (χ0) is 15.4. The third kappa shape index (κ3) is 4.07. The van der Waals surface area contributed by atoms with Crippen LogP contribution in [0.1, 0.15) is 44.5 Å². The fraction of sp³-hybridized carbons (Fsp3) is 0.611. The van der Waals surface area contributed by atoms with E-state index in [4.69, 9.17) is 4.74 Å². The number of ketones is 1. The van der Waals surface area contributed by atoms with Crippen LogP contribution in [0.25, 0.3) is 0 Å². The fourth-order valence-corrected chi connectivity index (χ4v) is 3.22. The number of hydrogen-bond acceptors (Lipinski definition) is 3. The molecule has 1 saturated heterocycles. The molecule has 1 aliphatic heterocycles.